The van der Waals surface area contributed by atoms with E-state index in [9.17, 15) is 0 Å². The highest BCUT2D eigenvalue weighted by Gasteiger charge is 2.04. The normalized spacial score (nSPS) is 11.1. The molecule has 1 rings (SSSR count). The van der Waals surface area contributed by atoms with Crippen molar-refractivity contribution in [2.75, 3.05) is 24.2 Å². The molecular weight excluding hydrogens is 252 g/mol. The van der Waals surface area contributed by atoms with Crippen molar-refractivity contribution in [3.8, 4) is 5.75 Å². The fraction of sp³-hybridized carbons (Fsp3) is 0.625. The van der Waals surface area contributed by atoms with Gasteiger partial charge in [-0.25, -0.2) is 0 Å². The van der Waals surface area contributed by atoms with Crippen LogP contribution >= 0.6 is 0 Å². The number of benzene rings is 1. The van der Waals surface area contributed by atoms with Gasteiger partial charge in [-0.2, -0.15) is 0 Å². The minimum Gasteiger partial charge on any atom is -0.489 e. The molecule has 0 aliphatic heterocycles. The highest BCUT2D eigenvalue weighted by atomic mass is 16.5. The lowest BCUT2D eigenvalue weighted by Crippen LogP contribution is -2.09. The van der Waals surface area contributed by atoms with Gasteiger partial charge in [-0.3, -0.25) is 0 Å². The van der Waals surface area contributed by atoms with E-state index in [1.807, 2.05) is 32.0 Å². The van der Waals surface area contributed by atoms with Crippen molar-refractivity contribution in [1.82, 2.24) is 0 Å². The van der Waals surface area contributed by atoms with Crippen LogP contribution in [0.2, 0.25) is 0 Å². The van der Waals surface area contributed by atoms with Gasteiger partial charge in [-0.15, -0.1) is 0 Å². The Labute approximate surface area is 122 Å². The number of unbranched alkanes of at least 4 members (excludes halogenated alkanes) is 1. The Balaban J connectivity index is 2.33. The van der Waals surface area contributed by atoms with Crippen LogP contribution in [0.4, 0.5) is 11.4 Å². The number of rotatable bonds is 9. The third-order valence-corrected chi connectivity index (χ3v) is 2.73. The van der Waals surface area contributed by atoms with E-state index < -0.39 is 0 Å². The van der Waals surface area contributed by atoms with Crippen molar-refractivity contribution in [2.24, 2.45) is 0 Å². The molecule has 4 nitrogen and oxygen atoms in total. The maximum Gasteiger partial charge on any atom is 0.144 e. The molecule has 20 heavy (non-hydrogen) atoms. The highest BCUT2D eigenvalue weighted by Crippen LogP contribution is 2.26. The standard InChI is InChI=1S/C16H28N2O2/c1-12(2)19-10-6-5-9-18-14-7-8-15(17)16(11-14)20-13(3)4/h7-8,11-13,18H,5-6,9-10,17H2,1-4H3. The first-order valence-electron chi connectivity index (χ1n) is 7.40. The van der Waals surface area contributed by atoms with E-state index in [1.54, 1.807) is 0 Å². The molecule has 0 aliphatic carbocycles. The Hall–Kier alpha value is -1.42. The van der Waals surface area contributed by atoms with E-state index in [4.69, 9.17) is 15.2 Å². The summed E-state index contributed by atoms with van der Waals surface area (Å²) in [5.74, 6) is 0.744. The van der Waals surface area contributed by atoms with Gasteiger partial charge in [0.2, 0.25) is 0 Å². The smallest absolute Gasteiger partial charge is 0.144 e. The molecule has 0 aliphatic rings. The van der Waals surface area contributed by atoms with Crippen LogP contribution in [0, 0.1) is 0 Å². The summed E-state index contributed by atoms with van der Waals surface area (Å²) in [6.07, 6.45) is 2.59. The third kappa shape index (κ3) is 6.66. The number of nitrogens with two attached hydrogens (primary N) is 1. The number of ether oxygens (including phenoxy) is 2. The molecule has 3 N–H and O–H groups in total. The summed E-state index contributed by atoms with van der Waals surface area (Å²) in [5, 5.41) is 3.38. The van der Waals surface area contributed by atoms with E-state index in [0.717, 1.165) is 37.4 Å². The zero-order valence-corrected chi connectivity index (χ0v) is 13.1. The van der Waals surface area contributed by atoms with Crippen LogP contribution in [-0.2, 0) is 4.74 Å². The van der Waals surface area contributed by atoms with Crippen LogP contribution in [0.15, 0.2) is 18.2 Å². The molecular formula is C16H28N2O2. The molecule has 1 aromatic carbocycles. The SMILES string of the molecule is CC(C)OCCCCNc1ccc(N)c(OC(C)C)c1. The topological polar surface area (TPSA) is 56.5 Å². The highest BCUT2D eigenvalue weighted by molar-refractivity contribution is 5.61. The quantitative estimate of drug-likeness (QED) is 0.535. The van der Waals surface area contributed by atoms with E-state index in [-0.39, 0.29) is 6.10 Å². The van der Waals surface area contributed by atoms with Gasteiger partial charge >= 0.3 is 0 Å². The van der Waals surface area contributed by atoms with Gasteiger partial charge in [0, 0.05) is 24.9 Å². The first kappa shape index (κ1) is 16.6. The second-order valence-electron chi connectivity index (χ2n) is 5.47. The maximum atomic E-state index is 5.89. The van der Waals surface area contributed by atoms with Gasteiger partial charge in [0.1, 0.15) is 5.75 Å². The number of nitrogen functional groups attached to an aromatic ring is 1. The van der Waals surface area contributed by atoms with Gasteiger partial charge in [-0.05, 0) is 52.7 Å². The summed E-state index contributed by atoms with van der Waals surface area (Å²) in [4.78, 5) is 0. The van der Waals surface area contributed by atoms with Crippen LogP contribution in [0.1, 0.15) is 40.5 Å². The van der Waals surface area contributed by atoms with Crippen molar-refractivity contribution in [3.05, 3.63) is 18.2 Å². The predicted molar refractivity (Wildman–Crippen MR) is 85.4 cm³/mol. The van der Waals surface area contributed by atoms with Crippen molar-refractivity contribution in [1.29, 1.82) is 0 Å². The average Bonchev–Trinajstić information content (AvgIpc) is 2.36. The van der Waals surface area contributed by atoms with Crippen LogP contribution < -0.4 is 15.8 Å². The Morgan fingerprint density at radius 1 is 1.10 bits per heavy atom. The summed E-state index contributed by atoms with van der Waals surface area (Å²) in [6.45, 7) is 9.85. The number of nitrogens with one attached hydrogen (secondary N) is 1. The lowest BCUT2D eigenvalue weighted by atomic mass is 10.2. The number of anilines is 2. The summed E-state index contributed by atoms with van der Waals surface area (Å²) >= 11 is 0. The molecule has 0 fully saturated rings. The van der Waals surface area contributed by atoms with Crippen molar-refractivity contribution in [2.45, 2.75) is 52.7 Å². The second kappa shape index (κ2) is 8.69. The third-order valence-electron chi connectivity index (χ3n) is 2.73. The van der Waals surface area contributed by atoms with E-state index >= 15 is 0 Å². The van der Waals surface area contributed by atoms with Gasteiger partial charge in [0.25, 0.3) is 0 Å². The first-order chi connectivity index (χ1) is 9.49. The second-order valence-corrected chi connectivity index (χ2v) is 5.47. The molecule has 0 heterocycles. The number of hydrogen-bond donors (Lipinski definition) is 2. The summed E-state index contributed by atoms with van der Waals surface area (Å²) in [5.41, 5.74) is 7.61. The predicted octanol–water partition coefficient (Wildman–Crippen LogP) is 3.67. The zero-order chi connectivity index (χ0) is 15.0. The van der Waals surface area contributed by atoms with Gasteiger partial charge < -0.3 is 20.5 Å². The van der Waals surface area contributed by atoms with Crippen LogP contribution in [0.3, 0.4) is 0 Å². The Kier molecular flexibility index (Phi) is 7.23. The fourth-order valence-corrected chi connectivity index (χ4v) is 1.78. The number of hydrogen-bond acceptors (Lipinski definition) is 4. The summed E-state index contributed by atoms with van der Waals surface area (Å²) < 4.78 is 11.2. The van der Waals surface area contributed by atoms with Crippen molar-refractivity contribution < 1.29 is 9.47 Å². The fourth-order valence-electron chi connectivity index (χ4n) is 1.78. The molecule has 0 spiro atoms. The van der Waals surface area contributed by atoms with Gasteiger partial charge in [0.15, 0.2) is 0 Å². The lowest BCUT2D eigenvalue weighted by molar-refractivity contribution is 0.0765. The maximum absolute atomic E-state index is 5.89. The van der Waals surface area contributed by atoms with Crippen LogP contribution in [0.25, 0.3) is 0 Å². The zero-order valence-electron chi connectivity index (χ0n) is 13.1. The molecule has 114 valence electrons. The molecule has 0 aromatic heterocycles. The monoisotopic (exact) mass is 280 g/mol. The lowest BCUT2D eigenvalue weighted by Gasteiger charge is -2.14. The molecule has 0 atom stereocenters. The molecule has 4 heteroatoms. The van der Waals surface area contributed by atoms with E-state index in [1.165, 1.54) is 0 Å². The largest absolute Gasteiger partial charge is 0.489 e. The Morgan fingerprint density at radius 3 is 2.50 bits per heavy atom. The Bertz CT molecular complexity index is 392. The molecule has 1 aromatic rings. The molecule has 0 saturated heterocycles. The molecule has 0 unspecified atom stereocenters. The molecule has 0 amide bonds. The van der Waals surface area contributed by atoms with Gasteiger partial charge in [0.05, 0.1) is 17.9 Å². The molecule has 0 radical (unpaired) electrons. The van der Waals surface area contributed by atoms with Crippen molar-refractivity contribution in [3.63, 3.8) is 0 Å². The van der Waals surface area contributed by atoms with E-state index in [2.05, 4.69) is 19.2 Å². The average molecular weight is 280 g/mol. The molecule has 0 saturated carbocycles. The Morgan fingerprint density at radius 2 is 1.85 bits per heavy atom. The van der Waals surface area contributed by atoms with Crippen LogP contribution in [0.5, 0.6) is 5.75 Å². The van der Waals surface area contributed by atoms with Crippen molar-refractivity contribution >= 4 is 11.4 Å². The minimum absolute atomic E-state index is 0.126. The summed E-state index contributed by atoms with van der Waals surface area (Å²) in [7, 11) is 0. The molecule has 0 bridgehead atoms. The van der Waals surface area contributed by atoms with Crippen LogP contribution in [-0.4, -0.2) is 25.4 Å². The van der Waals surface area contributed by atoms with Gasteiger partial charge in [-0.1, -0.05) is 0 Å². The summed E-state index contributed by atoms with van der Waals surface area (Å²) in [6, 6.07) is 5.81. The first-order valence-corrected chi connectivity index (χ1v) is 7.40. The van der Waals surface area contributed by atoms with E-state index in [0.29, 0.717) is 11.8 Å². The minimum atomic E-state index is 0.126.